The van der Waals surface area contributed by atoms with Crippen molar-refractivity contribution in [1.29, 1.82) is 0 Å². The number of carbonyl (C=O) groups excluding carboxylic acids is 2. The van der Waals surface area contributed by atoms with Gasteiger partial charge in [0.2, 0.25) is 5.91 Å². The van der Waals surface area contributed by atoms with Crippen molar-refractivity contribution in [1.82, 2.24) is 14.9 Å². The third-order valence-electron chi connectivity index (χ3n) is 4.35. The van der Waals surface area contributed by atoms with Gasteiger partial charge in [-0.05, 0) is 54.5 Å². The molecular formula is C20H18ClN3O4S. The van der Waals surface area contributed by atoms with Gasteiger partial charge in [-0.2, -0.15) is 0 Å². The van der Waals surface area contributed by atoms with Crippen LogP contribution in [0.2, 0.25) is 5.02 Å². The van der Waals surface area contributed by atoms with Crippen LogP contribution in [0.15, 0.2) is 47.3 Å². The van der Waals surface area contributed by atoms with Gasteiger partial charge in [0.15, 0.2) is 4.77 Å². The van der Waals surface area contributed by atoms with Gasteiger partial charge in [-0.3, -0.25) is 14.2 Å². The van der Waals surface area contributed by atoms with Crippen LogP contribution >= 0.6 is 23.8 Å². The van der Waals surface area contributed by atoms with Crippen LogP contribution in [-0.4, -0.2) is 35.1 Å². The number of aromatic amines is 1. The predicted molar refractivity (Wildman–Crippen MR) is 113 cm³/mol. The number of fused-ring (bicyclic) bond motifs is 1. The third-order valence-corrected chi connectivity index (χ3v) is 4.93. The minimum Gasteiger partial charge on any atom is -0.465 e. The number of H-pyrrole nitrogens is 1. The van der Waals surface area contributed by atoms with Crippen LogP contribution in [0.1, 0.15) is 15.9 Å². The summed E-state index contributed by atoms with van der Waals surface area (Å²) in [5.41, 5.74) is 1.33. The zero-order chi connectivity index (χ0) is 21.0. The van der Waals surface area contributed by atoms with Crippen molar-refractivity contribution in [3.05, 3.63) is 73.7 Å². The van der Waals surface area contributed by atoms with Crippen LogP contribution < -0.4 is 10.9 Å². The molecule has 0 saturated heterocycles. The minimum atomic E-state index is -0.518. The molecule has 7 nitrogen and oxygen atoms in total. The van der Waals surface area contributed by atoms with Crippen LogP contribution in [0, 0.1) is 4.77 Å². The van der Waals surface area contributed by atoms with E-state index in [0.717, 1.165) is 5.56 Å². The number of hydrogen-bond acceptors (Lipinski definition) is 5. The summed E-state index contributed by atoms with van der Waals surface area (Å²) >= 11 is 11.1. The molecule has 0 aliphatic rings. The van der Waals surface area contributed by atoms with E-state index >= 15 is 0 Å². The molecule has 0 spiro atoms. The first kappa shape index (κ1) is 20.8. The number of esters is 1. The fourth-order valence-electron chi connectivity index (χ4n) is 2.84. The summed E-state index contributed by atoms with van der Waals surface area (Å²) in [4.78, 5) is 39.5. The molecule has 9 heteroatoms. The van der Waals surface area contributed by atoms with Crippen molar-refractivity contribution in [2.45, 2.75) is 13.0 Å². The van der Waals surface area contributed by atoms with Gasteiger partial charge in [0, 0.05) is 11.6 Å². The van der Waals surface area contributed by atoms with Gasteiger partial charge >= 0.3 is 5.97 Å². The Balaban J connectivity index is 1.72. The Hall–Kier alpha value is -2.97. The molecule has 2 aromatic carbocycles. The van der Waals surface area contributed by atoms with Gasteiger partial charge in [0.25, 0.3) is 5.56 Å². The molecule has 0 saturated carbocycles. The highest BCUT2D eigenvalue weighted by molar-refractivity contribution is 7.71. The second-order valence-corrected chi connectivity index (χ2v) is 7.12. The van der Waals surface area contributed by atoms with Gasteiger partial charge in [0.1, 0.15) is 6.54 Å². The van der Waals surface area contributed by atoms with Gasteiger partial charge < -0.3 is 15.0 Å². The Kier molecular flexibility index (Phi) is 6.46. The fourth-order valence-corrected chi connectivity index (χ4v) is 3.22. The van der Waals surface area contributed by atoms with Crippen LogP contribution in [0.4, 0.5) is 0 Å². The van der Waals surface area contributed by atoms with Gasteiger partial charge in [-0.25, -0.2) is 4.79 Å². The molecule has 3 aromatic rings. The number of nitrogens with zero attached hydrogens (tertiary/aromatic N) is 1. The van der Waals surface area contributed by atoms with E-state index < -0.39 is 11.5 Å². The van der Waals surface area contributed by atoms with E-state index in [1.807, 2.05) is 12.1 Å². The SMILES string of the molecule is COC(=O)c1ccc2c(=O)n(CC(=O)NCCc3ccc(Cl)cc3)c(=S)[nH]c2c1. The standard InChI is InChI=1S/C20H18ClN3O4S/c1-28-19(27)13-4-7-15-16(10-13)23-20(29)24(18(15)26)11-17(25)22-9-8-12-2-5-14(21)6-3-12/h2-7,10H,8-9,11H2,1H3,(H,22,25)(H,23,29). The highest BCUT2D eigenvalue weighted by atomic mass is 35.5. The maximum atomic E-state index is 12.7. The number of ether oxygens (including phenoxy) is 1. The van der Waals surface area contributed by atoms with E-state index in [9.17, 15) is 14.4 Å². The van der Waals surface area contributed by atoms with Crippen LogP contribution in [0.5, 0.6) is 0 Å². The number of halogens is 1. The molecule has 2 N–H and O–H groups in total. The molecule has 150 valence electrons. The van der Waals surface area contributed by atoms with E-state index in [1.54, 1.807) is 12.1 Å². The molecule has 0 aliphatic carbocycles. The van der Waals surface area contributed by atoms with Crippen molar-refractivity contribution in [3.8, 4) is 0 Å². The van der Waals surface area contributed by atoms with Gasteiger partial charge in [-0.15, -0.1) is 0 Å². The zero-order valence-corrected chi connectivity index (χ0v) is 17.1. The maximum Gasteiger partial charge on any atom is 0.337 e. The Labute approximate surface area is 176 Å². The number of benzene rings is 2. The molecule has 0 fully saturated rings. The summed E-state index contributed by atoms with van der Waals surface area (Å²) in [6.45, 7) is 0.214. The van der Waals surface area contributed by atoms with E-state index in [4.69, 9.17) is 23.8 Å². The molecule has 1 amide bonds. The topological polar surface area (TPSA) is 93.2 Å². The molecule has 1 aromatic heterocycles. The van der Waals surface area contributed by atoms with Crippen molar-refractivity contribution in [2.24, 2.45) is 0 Å². The van der Waals surface area contributed by atoms with E-state index in [-0.39, 0.29) is 17.2 Å². The van der Waals surface area contributed by atoms with E-state index in [1.165, 1.54) is 29.9 Å². The average Bonchev–Trinajstić information content (AvgIpc) is 2.71. The number of carbonyl (C=O) groups is 2. The van der Waals surface area contributed by atoms with Crippen molar-refractivity contribution in [2.75, 3.05) is 13.7 Å². The van der Waals surface area contributed by atoms with Crippen molar-refractivity contribution < 1.29 is 14.3 Å². The van der Waals surface area contributed by atoms with Crippen LogP contribution in [0.25, 0.3) is 10.9 Å². The van der Waals surface area contributed by atoms with Crippen molar-refractivity contribution >= 4 is 46.6 Å². The Morgan fingerprint density at radius 1 is 1.21 bits per heavy atom. The summed E-state index contributed by atoms with van der Waals surface area (Å²) in [5, 5.41) is 3.75. The predicted octanol–water partition coefficient (Wildman–Crippen LogP) is 2.86. The highest BCUT2D eigenvalue weighted by Gasteiger charge is 2.12. The summed E-state index contributed by atoms with van der Waals surface area (Å²) in [7, 11) is 1.28. The Morgan fingerprint density at radius 3 is 2.62 bits per heavy atom. The lowest BCUT2D eigenvalue weighted by atomic mass is 10.1. The van der Waals surface area contributed by atoms with E-state index in [0.29, 0.717) is 34.5 Å². The Morgan fingerprint density at radius 2 is 1.93 bits per heavy atom. The lowest BCUT2D eigenvalue weighted by molar-refractivity contribution is -0.121. The number of nitrogens with one attached hydrogen (secondary N) is 2. The number of amides is 1. The first-order valence-corrected chi connectivity index (χ1v) is 9.54. The minimum absolute atomic E-state index is 0.0948. The number of hydrogen-bond donors (Lipinski definition) is 2. The smallest absolute Gasteiger partial charge is 0.337 e. The number of methoxy groups -OCH3 is 1. The molecule has 0 bridgehead atoms. The zero-order valence-electron chi connectivity index (χ0n) is 15.5. The molecule has 0 aliphatic heterocycles. The fraction of sp³-hybridized carbons (Fsp3) is 0.200. The lowest BCUT2D eigenvalue weighted by Gasteiger charge is -2.10. The molecule has 1 heterocycles. The normalized spacial score (nSPS) is 10.7. The molecule has 0 radical (unpaired) electrons. The second-order valence-electron chi connectivity index (χ2n) is 6.30. The summed E-state index contributed by atoms with van der Waals surface area (Å²) in [6, 6.07) is 11.8. The van der Waals surface area contributed by atoms with Gasteiger partial charge in [-0.1, -0.05) is 23.7 Å². The summed E-state index contributed by atoms with van der Waals surface area (Å²) in [5.74, 6) is -0.846. The number of aromatic nitrogens is 2. The van der Waals surface area contributed by atoms with Crippen LogP contribution in [0.3, 0.4) is 0 Å². The first-order chi connectivity index (χ1) is 13.9. The van der Waals surface area contributed by atoms with Crippen molar-refractivity contribution in [3.63, 3.8) is 0 Å². The van der Waals surface area contributed by atoms with E-state index in [2.05, 4.69) is 15.0 Å². The summed E-state index contributed by atoms with van der Waals surface area (Å²) < 4.78 is 5.96. The maximum absolute atomic E-state index is 12.7. The molecule has 0 unspecified atom stereocenters. The molecule has 3 rings (SSSR count). The summed E-state index contributed by atoms with van der Waals surface area (Å²) in [6.07, 6.45) is 0.638. The third kappa shape index (κ3) is 4.90. The average molecular weight is 432 g/mol. The molecule has 29 heavy (non-hydrogen) atoms. The Bertz CT molecular complexity index is 1190. The van der Waals surface area contributed by atoms with Crippen LogP contribution in [-0.2, 0) is 22.5 Å². The molecular weight excluding hydrogens is 414 g/mol. The highest BCUT2D eigenvalue weighted by Crippen LogP contribution is 2.12. The lowest BCUT2D eigenvalue weighted by Crippen LogP contribution is -2.34. The number of rotatable bonds is 6. The first-order valence-electron chi connectivity index (χ1n) is 8.75. The quantitative estimate of drug-likeness (QED) is 0.462. The monoisotopic (exact) mass is 431 g/mol. The molecule has 0 atom stereocenters. The second kappa shape index (κ2) is 9.02. The van der Waals surface area contributed by atoms with Gasteiger partial charge in [0.05, 0.1) is 23.6 Å². The largest absolute Gasteiger partial charge is 0.465 e.